The molecule has 1 heterocycles. The van der Waals surface area contributed by atoms with Gasteiger partial charge in [0, 0.05) is 5.56 Å². The zero-order valence-corrected chi connectivity index (χ0v) is 12.0. The van der Waals surface area contributed by atoms with Gasteiger partial charge in [-0.1, -0.05) is 41.4 Å². The molecular formula is C15H12Cl2O3. The summed E-state index contributed by atoms with van der Waals surface area (Å²) >= 11 is 11.9. The molecule has 2 aromatic carbocycles. The highest BCUT2D eigenvalue weighted by Gasteiger charge is 2.22. The van der Waals surface area contributed by atoms with Crippen LogP contribution in [0.25, 0.3) is 0 Å². The normalized spacial score (nSPS) is 14.9. The van der Waals surface area contributed by atoms with E-state index in [1.807, 2.05) is 12.1 Å². The van der Waals surface area contributed by atoms with Gasteiger partial charge >= 0.3 is 0 Å². The standard InChI is InChI=1S/C15H12Cl2O3/c16-11-5-4-9(8-12(11)17)14(18)10-2-1-3-13-15(10)20-7-6-19-13/h1-5,8,14,18H,6-7H2. The maximum atomic E-state index is 10.5. The van der Waals surface area contributed by atoms with Gasteiger partial charge in [-0.05, 0) is 23.8 Å². The Morgan fingerprint density at radius 3 is 2.60 bits per heavy atom. The zero-order chi connectivity index (χ0) is 14.1. The molecule has 104 valence electrons. The molecule has 0 radical (unpaired) electrons. The lowest BCUT2D eigenvalue weighted by molar-refractivity contribution is 0.158. The fourth-order valence-electron chi connectivity index (χ4n) is 2.17. The van der Waals surface area contributed by atoms with Crippen LogP contribution in [0.1, 0.15) is 17.2 Å². The van der Waals surface area contributed by atoms with Crippen LogP contribution in [0.4, 0.5) is 0 Å². The van der Waals surface area contributed by atoms with Gasteiger partial charge in [0.1, 0.15) is 19.3 Å². The predicted octanol–water partition coefficient (Wildman–Crippen LogP) is 3.85. The molecule has 1 atom stereocenters. The van der Waals surface area contributed by atoms with Crippen molar-refractivity contribution in [2.75, 3.05) is 13.2 Å². The lowest BCUT2D eigenvalue weighted by Crippen LogP contribution is -2.17. The van der Waals surface area contributed by atoms with Crippen LogP contribution in [0.2, 0.25) is 10.0 Å². The molecule has 2 aromatic rings. The molecule has 1 aliphatic rings. The number of benzene rings is 2. The number of para-hydroxylation sites is 1. The van der Waals surface area contributed by atoms with Gasteiger partial charge in [0.05, 0.1) is 10.0 Å². The fourth-order valence-corrected chi connectivity index (χ4v) is 2.48. The molecule has 1 aliphatic heterocycles. The third kappa shape index (κ3) is 2.44. The van der Waals surface area contributed by atoms with Crippen molar-refractivity contribution < 1.29 is 14.6 Å². The molecule has 3 rings (SSSR count). The van der Waals surface area contributed by atoms with E-state index < -0.39 is 6.10 Å². The third-order valence-corrected chi connectivity index (χ3v) is 3.89. The van der Waals surface area contributed by atoms with Gasteiger partial charge in [0.2, 0.25) is 0 Å². The van der Waals surface area contributed by atoms with E-state index >= 15 is 0 Å². The first-order valence-electron chi connectivity index (χ1n) is 6.18. The molecule has 3 nitrogen and oxygen atoms in total. The zero-order valence-electron chi connectivity index (χ0n) is 10.5. The van der Waals surface area contributed by atoms with E-state index in [0.717, 1.165) is 0 Å². The number of hydrogen-bond acceptors (Lipinski definition) is 3. The minimum absolute atomic E-state index is 0.408. The molecule has 20 heavy (non-hydrogen) atoms. The van der Waals surface area contributed by atoms with Crippen LogP contribution in [0.3, 0.4) is 0 Å². The van der Waals surface area contributed by atoms with Crippen LogP contribution in [0, 0.1) is 0 Å². The number of aliphatic hydroxyl groups is 1. The van der Waals surface area contributed by atoms with Crippen LogP contribution in [0.5, 0.6) is 11.5 Å². The van der Waals surface area contributed by atoms with E-state index in [9.17, 15) is 5.11 Å². The number of aliphatic hydroxyl groups excluding tert-OH is 1. The molecule has 0 saturated carbocycles. The second kappa shape index (κ2) is 5.52. The van der Waals surface area contributed by atoms with E-state index in [2.05, 4.69) is 0 Å². The Labute approximate surface area is 126 Å². The number of ether oxygens (including phenoxy) is 2. The lowest BCUT2D eigenvalue weighted by atomic mass is 10.00. The topological polar surface area (TPSA) is 38.7 Å². The Bertz CT molecular complexity index is 643. The number of rotatable bonds is 2. The molecule has 0 bridgehead atoms. The van der Waals surface area contributed by atoms with Crippen molar-refractivity contribution in [2.45, 2.75) is 6.10 Å². The molecule has 0 fully saturated rings. The van der Waals surface area contributed by atoms with Crippen molar-refractivity contribution in [1.82, 2.24) is 0 Å². The Morgan fingerprint density at radius 2 is 1.80 bits per heavy atom. The van der Waals surface area contributed by atoms with E-state index in [0.29, 0.717) is 45.9 Å². The first kappa shape index (κ1) is 13.6. The van der Waals surface area contributed by atoms with E-state index in [1.54, 1.807) is 24.3 Å². The van der Waals surface area contributed by atoms with E-state index in [-0.39, 0.29) is 0 Å². The molecular weight excluding hydrogens is 299 g/mol. The Morgan fingerprint density at radius 1 is 1.00 bits per heavy atom. The van der Waals surface area contributed by atoms with Crippen molar-refractivity contribution >= 4 is 23.2 Å². The van der Waals surface area contributed by atoms with Crippen LogP contribution in [0.15, 0.2) is 36.4 Å². The van der Waals surface area contributed by atoms with Gasteiger partial charge in [-0.2, -0.15) is 0 Å². The second-order valence-corrected chi connectivity index (χ2v) is 5.26. The molecule has 1 N–H and O–H groups in total. The molecule has 0 aliphatic carbocycles. The summed E-state index contributed by atoms with van der Waals surface area (Å²) < 4.78 is 11.1. The summed E-state index contributed by atoms with van der Waals surface area (Å²) in [6, 6.07) is 10.5. The van der Waals surface area contributed by atoms with Gasteiger partial charge in [0.25, 0.3) is 0 Å². The highest BCUT2D eigenvalue weighted by Crippen LogP contribution is 2.39. The minimum atomic E-state index is -0.846. The van der Waals surface area contributed by atoms with E-state index in [1.165, 1.54) is 0 Å². The first-order valence-corrected chi connectivity index (χ1v) is 6.94. The SMILES string of the molecule is OC(c1ccc(Cl)c(Cl)c1)c1cccc2c1OCCO2. The van der Waals surface area contributed by atoms with Gasteiger partial charge in [-0.25, -0.2) is 0 Å². The van der Waals surface area contributed by atoms with Crippen molar-refractivity contribution in [2.24, 2.45) is 0 Å². The number of fused-ring (bicyclic) bond motifs is 1. The minimum Gasteiger partial charge on any atom is -0.486 e. The van der Waals surface area contributed by atoms with Crippen molar-refractivity contribution in [3.05, 3.63) is 57.6 Å². The first-order chi connectivity index (χ1) is 9.66. The average molecular weight is 311 g/mol. The monoisotopic (exact) mass is 310 g/mol. The van der Waals surface area contributed by atoms with Crippen molar-refractivity contribution in [3.63, 3.8) is 0 Å². The molecule has 5 heteroatoms. The maximum Gasteiger partial charge on any atom is 0.167 e. The largest absolute Gasteiger partial charge is 0.486 e. The smallest absolute Gasteiger partial charge is 0.167 e. The van der Waals surface area contributed by atoms with Crippen molar-refractivity contribution in [3.8, 4) is 11.5 Å². The summed E-state index contributed by atoms with van der Waals surface area (Å²) in [6.45, 7) is 0.984. The summed E-state index contributed by atoms with van der Waals surface area (Å²) in [7, 11) is 0. The van der Waals surface area contributed by atoms with Crippen LogP contribution in [-0.4, -0.2) is 18.3 Å². The second-order valence-electron chi connectivity index (χ2n) is 4.45. The molecule has 0 spiro atoms. The molecule has 1 unspecified atom stereocenters. The van der Waals surface area contributed by atoms with Crippen LogP contribution >= 0.6 is 23.2 Å². The highest BCUT2D eigenvalue weighted by molar-refractivity contribution is 6.42. The van der Waals surface area contributed by atoms with Crippen LogP contribution in [-0.2, 0) is 0 Å². The summed E-state index contributed by atoms with van der Waals surface area (Å²) in [5, 5.41) is 11.4. The Hall–Kier alpha value is -1.42. The maximum absolute atomic E-state index is 10.5. The third-order valence-electron chi connectivity index (χ3n) is 3.15. The molecule has 0 saturated heterocycles. The van der Waals surface area contributed by atoms with E-state index in [4.69, 9.17) is 32.7 Å². The fraction of sp³-hybridized carbons (Fsp3) is 0.200. The summed E-state index contributed by atoms with van der Waals surface area (Å²) in [5.41, 5.74) is 1.31. The number of hydrogen-bond donors (Lipinski definition) is 1. The molecule has 0 aromatic heterocycles. The van der Waals surface area contributed by atoms with Gasteiger partial charge in [-0.15, -0.1) is 0 Å². The quantitative estimate of drug-likeness (QED) is 0.915. The summed E-state index contributed by atoms with van der Waals surface area (Å²) in [5.74, 6) is 1.23. The van der Waals surface area contributed by atoms with Gasteiger partial charge < -0.3 is 14.6 Å². The lowest BCUT2D eigenvalue weighted by Gasteiger charge is -2.23. The summed E-state index contributed by atoms with van der Waals surface area (Å²) in [6.07, 6.45) is -0.846. The van der Waals surface area contributed by atoms with Crippen molar-refractivity contribution in [1.29, 1.82) is 0 Å². The van der Waals surface area contributed by atoms with Gasteiger partial charge in [0.15, 0.2) is 11.5 Å². The predicted molar refractivity (Wildman–Crippen MR) is 78.0 cm³/mol. The summed E-state index contributed by atoms with van der Waals surface area (Å²) in [4.78, 5) is 0. The highest BCUT2D eigenvalue weighted by atomic mass is 35.5. The Balaban J connectivity index is 2.02. The molecule has 0 amide bonds. The van der Waals surface area contributed by atoms with Crippen LogP contribution < -0.4 is 9.47 Å². The number of halogens is 2. The Kier molecular flexibility index (Phi) is 3.74. The van der Waals surface area contributed by atoms with Gasteiger partial charge in [-0.3, -0.25) is 0 Å². The average Bonchev–Trinajstić information content (AvgIpc) is 2.49.